The lowest BCUT2D eigenvalue weighted by molar-refractivity contribution is -0.128. The second kappa shape index (κ2) is 6.05. The molecule has 2 amide bonds. The summed E-state index contributed by atoms with van der Waals surface area (Å²) in [4.78, 5) is 24.8. The molecule has 5 heteroatoms. The Morgan fingerprint density at radius 3 is 2.67 bits per heavy atom. The van der Waals surface area contributed by atoms with E-state index >= 15 is 0 Å². The summed E-state index contributed by atoms with van der Waals surface area (Å²) < 4.78 is 0. The molecule has 0 heterocycles. The number of phenolic OH excluding ortho intramolecular Hbond substituents is 1. The van der Waals surface area contributed by atoms with Crippen molar-refractivity contribution in [3.63, 3.8) is 0 Å². The highest BCUT2D eigenvalue weighted by atomic mass is 16.3. The maximum atomic E-state index is 11.8. The van der Waals surface area contributed by atoms with Crippen LogP contribution >= 0.6 is 0 Å². The first-order valence-electron chi connectivity index (χ1n) is 5.77. The molecule has 0 aliphatic rings. The average Bonchev–Trinajstić information content (AvgIpc) is 2.37. The molecular formula is C13H18N2O3. The maximum Gasteiger partial charge on any atom is 0.255 e. The molecule has 1 aromatic rings. The Morgan fingerprint density at radius 2 is 2.06 bits per heavy atom. The van der Waals surface area contributed by atoms with Gasteiger partial charge in [-0.25, -0.2) is 0 Å². The fourth-order valence-corrected chi connectivity index (χ4v) is 1.39. The van der Waals surface area contributed by atoms with Gasteiger partial charge in [-0.05, 0) is 26.0 Å². The number of likely N-dealkylation sites (N-methyl/N-ethyl adjacent to an activating group) is 1. The quantitative estimate of drug-likeness (QED) is 0.834. The number of nitrogens with zero attached hydrogens (tertiary/aromatic N) is 1. The standard InChI is InChI=1S/C13H18N2O3/c1-4-15(3)12(17)8-14-13(18)10-7-9(2)5-6-11(10)16/h5-7,16H,4,8H2,1-3H3,(H,14,18). The van der Waals surface area contributed by atoms with Gasteiger partial charge in [0, 0.05) is 13.6 Å². The lowest BCUT2D eigenvalue weighted by Gasteiger charge is -2.15. The molecule has 0 aromatic heterocycles. The van der Waals surface area contributed by atoms with E-state index in [1.54, 1.807) is 19.2 Å². The van der Waals surface area contributed by atoms with Crippen LogP contribution in [0.25, 0.3) is 0 Å². The highest BCUT2D eigenvalue weighted by Crippen LogP contribution is 2.17. The smallest absolute Gasteiger partial charge is 0.255 e. The highest BCUT2D eigenvalue weighted by Gasteiger charge is 2.13. The first-order valence-corrected chi connectivity index (χ1v) is 5.77. The van der Waals surface area contributed by atoms with Crippen molar-refractivity contribution < 1.29 is 14.7 Å². The third kappa shape index (κ3) is 3.48. The minimum atomic E-state index is -0.450. The van der Waals surface area contributed by atoms with Crippen LogP contribution in [-0.4, -0.2) is 42.0 Å². The zero-order valence-electron chi connectivity index (χ0n) is 10.9. The number of amides is 2. The average molecular weight is 250 g/mol. The Balaban J connectivity index is 2.66. The monoisotopic (exact) mass is 250 g/mol. The summed E-state index contributed by atoms with van der Waals surface area (Å²) >= 11 is 0. The normalized spacial score (nSPS) is 9.94. The molecule has 1 aromatic carbocycles. The number of hydrogen-bond donors (Lipinski definition) is 2. The maximum absolute atomic E-state index is 11.8. The first-order chi connectivity index (χ1) is 8.45. The molecule has 0 atom stereocenters. The van der Waals surface area contributed by atoms with Crippen LogP contribution in [0, 0.1) is 6.92 Å². The first kappa shape index (κ1) is 14.0. The largest absolute Gasteiger partial charge is 0.507 e. The third-order valence-electron chi connectivity index (χ3n) is 2.70. The molecular weight excluding hydrogens is 232 g/mol. The number of carbonyl (C=O) groups excluding carboxylic acids is 2. The van der Waals surface area contributed by atoms with E-state index in [1.807, 2.05) is 13.8 Å². The molecule has 1 rings (SSSR count). The molecule has 0 saturated heterocycles. The van der Waals surface area contributed by atoms with E-state index in [0.29, 0.717) is 6.54 Å². The van der Waals surface area contributed by atoms with Gasteiger partial charge >= 0.3 is 0 Å². The Labute approximate surface area is 106 Å². The van der Waals surface area contributed by atoms with E-state index in [9.17, 15) is 14.7 Å². The van der Waals surface area contributed by atoms with Crippen LogP contribution in [0.2, 0.25) is 0 Å². The Hall–Kier alpha value is -2.04. The van der Waals surface area contributed by atoms with Crippen molar-refractivity contribution in [2.75, 3.05) is 20.1 Å². The van der Waals surface area contributed by atoms with Crippen LogP contribution in [0.15, 0.2) is 18.2 Å². The number of rotatable bonds is 4. The number of carbonyl (C=O) groups is 2. The molecule has 0 saturated carbocycles. The van der Waals surface area contributed by atoms with Crippen LogP contribution in [0.4, 0.5) is 0 Å². The van der Waals surface area contributed by atoms with Crippen LogP contribution in [0.1, 0.15) is 22.8 Å². The Bertz CT molecular complexity index is 458. The van der Waals surface area contributed by atoms with Gasteiger partial charge in [-0.15, -0.1) is 0 Å². The van der Waals surface area contributed by atoms with Crippen LogP contribution < -0.4 is 5.32 Å². The van der Waals surface area contributed by atoms with Gasteiger partial charge in [0.25, 0.3) is 5.91 Å². The number of benzene rings is 1. The van der Waals surface area contributed by atoms with Gasteiger partial charge in [0.1, 0.15) is 5.75 Å². The summed E-state index contributed by atoms with van der Waals surface area (Å²) in [6, 6.07) is 4.76. The molecule has 0 fully saturated rings. The van der Waals surface area contributed by atoms with Crippen LogP contribution in [0.3, 0.4) is 0 Å². The van der Waals surface area contributed by atoms with E-state index in [1.165, 1.54) is 11.0 Å². The summed E-state index contributed by atoms with van der Waals surface area (Å²) in [5.74, 6) is -0.707. The molecule has 2 N–H and O–H groups in total. The van der Waals surface area contributed by atoms with Gasteiger partial charge in [0.2, 0.25) is 5.91 Å². The molecule has 0 unspecified atom stereocenters. The van der Waals surface area contributed by atoms with Gasteiger partial charge in [0.05, 0.1) is 12.1 Å². The number of aryl methyl sites for hydroxylation is 1. The second-order valence-electron chi connectivity index (χ2n) is 4.11. The number of phenols is 1. The van der Waals surface area contributed by atoms with E-state index in [2.05, 4.69) is 5.32 Å². The highest BCUT2D eigenvalue weighted by molar-refractivity contribution is 5.98. The Kier molecular flexibility index (Phi) is 4.71. The van der Waals surface area contributed by atoms with Gasteiger partial charge in [-0.1, -0.05) is 11.6 Å². The number of aromatic hydroxyl groups is 1. The molecule has 0 spiro atoms. The molecule has 5 nitrogen and oxygen atoms in total. The van der Waals surface area contributed by atoms with Crippen molar-refractivity contribution in [1.82, 2.24) is 10.2 Å². The van der Waals surface area contributed by atoms with Crippen molar-refractivity contribution in [2.24, 2.45) is 0 Å². The molecule has 0 aliphatic carbocycles. The second-order valence-corrected chi connectivity index (χ2v) is 4.11. The number of hydrogen-bond acceptors (Lipinski definition) is 3. The van der Waals surface area contributed by atoms with Crippen molar-refractivity contribution in [1.29, 1.82) is 0 Å². The fourth-order valence-electron chi connectivity index (χ4n) is 1.39. The predicted octanol–water partition coefficient (Wildman–Crippen LogP) is 0.909. The van der Waals surface area contributed by atoms with Crippen LogP contribution in [0.5, 0.6) is 5.75 Å². The minimum absolute atomic E-state index is 0.0729. The molecule has 0 radical (unpaired) electrons. The van der Waals surface area contributed by atoms with Crippen molar-refractivity contribution in [3.8, 4) is 5.75 Å². The SMILES string of the molecule is CCN(C)C(=O)CNC(=O)c1cc(C)ccc1O. The minimum Gasteiger partial charge on any atom is -0.507 e. The fraction of sp³-hybridized carbons (Fsp3) is 0.385. The predicted molar refractivity (Wildman–Crippen MR) is 68.5 cm³/mol. The molecule has 0 aliphatic heterocycles. The Morgan fingerprint density at radius 1 is 1.39 bits per heavy atom. The van der Waals surface area contributed by atoms with Crippen molar-refractivity contribution in [2.45, 2.75) is 13.8 Å². The topological polar surface area (TPSA) is 69.6 Å². The molecule has 0 bridgehead atoms. The van der Waals surface area contributed by atoms with Crippen molar-refractivity contribution in [3.05, 3.63) is 29.3 Å². The summed E-state index contributed by atoms with van der Waals surface area (Å²) in [6.45, 7) is 4.19. The van der Waals surface area contributed by atoms with Gasteiger partial charge in [-0.2, -0.15) is 0 Å². The summed E-state index contributed by atoms with van der Waals surface area (Å²) in [7, 11) is 1.67. The van der Waals surface area contributed by atoms with E-state index in [0.717, 1.165) is 5.56 Å². The third-order valence-corrected chi connectivity index (χ3v) is 2.70. The van der Waals surface area contributed by atoms with E-state index < -0.39 is 5.91 Å². The molecule has 18 heavy (non-hydrogen) atoms. The van der Waals surface area contributed by atoms with E-state index in [-0.39, 0.29) is 23.8 Å². The lowest BCUT2D eigenvalue weighted by Crippen LogP contribution is -2.38. The van der Waals surface area contributed by atoms with Gasteiger partial charge < -0.3 is 15.3 Å². The summed E-state index contributed by atoms with van der Waals surface area (Å²) in [6.07, 6.45) is 0. The van der Waals surface area contributed by atoms with Gasteiger partial charge in [-0.3, -0.25) is 9.59 Å². The lowest BCUT2D eigenvalue weighted by atomic mass is 10.1. The van der Waals surface area contributed by atoms with Crippen LogP contribution in [-0.2, 0) is 4.79 Å². The van der Waals surface area contributed by atoms with Crippen molar-refractivity contribution >= 4 is 11.8 Å². The zero-order chi connectivity index (χ0) is 13.7. The zero-order valence-corrected chi connectivity index (χ0v) is 10.9. The molecule has 98 valence electrons. The number of nitrogens with one attached hydrogen (secondary N) is 1. The summed E-state index contributed by atoms with van der Waals surface area (Å²) in [5.41, 5.74) is 1.05. The van der Waals surface area contributed by atoms with Gasteiger partial charge in [0.15, 0.2) is 0 Å². The summed E-state index contributed by atoms with van der Waals surface area (Å²) in [5, 5.41) is 12.1. The van der Waals surface area contributed by atoms with E-state index in [4.69, 9.17) is 0 Å².